The highest BCUT2D eigenvalue weighted by Crippen LogP contribution is 2.26. The van der Waals surface area contributed by atoms with Gasteiger partial charge >= 0.3 is 0 Å². The topological polar surface area (TPSA) is 94.1 Å². The van der Waals surface area contributed by atoms with Gasteiger partial charge in [0.1, 0.15) is 17.8 Å². The number of benzene rings is 1. The van der Waals surface area contributed by atoms with Gasteiger partial charge in [0.25, 0.3) is 5.91 Å². The summed E-state index contributed by atoms with van der Waals surface area (Å²) in [4.78, 5) is 28.4. The van der Waals surface area contributed by atoms with Crippen LogP contribution in [0.5, 0.6) is 0 Å². The first kappa shape index (κ1) is 25.1. The molecule has 0 unspecified atom stereocenters. The molecule has 0 bridgehead atoms. The molecule has 0 radical (unpaired) electrons. The number of carbonyl (C=O) groups excluding carboxylic acids is 1. The summed E-state index contributed by atoms with van der Waals surface area (Å²) in [5, 5.41) is 14.5. The van der Waals surface area contributed by atoms with Gasteiger partial charge in [0.15, 0.2) is 0 Å². The van der Waals surface area contributed by atoms with Crippen molar-refractivity contribution in [1.29, 1.82) is 0 Å². The summed E-state index contributed by atoms with van der Waals surface area (Å²) in [6.07, 6.45) is 4.70. The van der Waals surface area contributed by atoms with Crippen LogP contribution in [0.1, 0.15) is 40.9 Å². The molecule has 2 aromatic rings. The van der Waals surface area contributed by atoms with Crippen LogP contribution < -0.4 is 5.32 Å². The molecule has 3 aliphatic heterocycles. The van der Waals surface area contributed by atoms with E-state index in [2.05, 4.69) is 49.4 Å². The monoisotopic (exact) mass is 494 g/mol. The number of carbonyl (C=O) groups is 1. The normalized spacial score (nSPS) is 23.9. The number of methoxy groups -OCH3 is 1. The van der Waals surface area contributed by atoms with E-state index < -0.39 is 6.10 Å². The van der Waals surface area contributed by atoms with E-state index in [9.17, 15) is 9.90 Å². The number of rotatable bonds is 7. The van der Waals surface area contributed by atoms with Gasteiger partial charge < -0.3 is 25.0 Å². The highest BCUT2D eigenvalue weighted by Gasteiger charge is 2.35. The number of hydrogen-bond acceptors (Lipinski definition) is 8. The highest BCUT2D eigenvalue weighted by molar-refractivity contribution is 5.93. The lowest BCUT2D eigenvalue weighted by molar-refractivity contribution is -0.0139. The van der Waals surface area contributed by atoms with Crippen LogP contribution in [0.2, 0.25) is 0 Å². The third kappa shape index (κ3) is 5.86. The molecule has 0 saturated carbocycles. The van der Waals surface area contributed by atoms with Crippen LogP contribution in [0.15, 0.2) is 36.7 Å². The lowest BCUT2D eigenvalue weighted by Crippen LogP contribution is -2.56. The SMILES string of the molecule is COCCN1CCC(Nc2cc(C(=O)N3CC[C@H](N4CCc5ccccc5C4)[C@@H](O)C3)ncn2)CC1. The average Bonchev–Trinajstić information content (AvgIpc) is 2.92. The molecule has 36 heavy (non-hydrogen) atoms. The quantitative estimate of drug-likeness (QED) is 0.600. The Morgan fingerprint density at radius 2 is 1.92 bits per heavy atom. The van der Waals surface area contributed by atoms with Gasteiger partial charge in [-0.15, -0.1) is 0 Å². The van der Waals surface area contributed by atoms with Gasteiger partial charge in [-0.2, -0.15) is 0 Å². The van der Waals surface area contributed by atoms with E-state index in [1.54, 1.807) is 18.1 Å². The lowest BCUT2D eigenvalue weighted by atomic mass is 9.94. The maximum atomic E-state index is 13.2. The smallest absolute Gasteiger partial charge is 0.272 e. The number of aliphatic hydroxyl groups excluding tert-OH is 1. The molecule has 1 aromatic heterocycles. The number of likely N-dealkylation sites (tertiary alicyclic amines) is 2. The van der Waals surface area contributed by atoms with E-state index in [1.807, 2.05) is 0 Å². The van der Waals surface area contributed by atoms with E-state index in [4.69, 9.17) is 4.74 Å². The van der Waals surface area contributed by atoms with Gasteiger partial charge in [-0.3, -0.25) is 9.69 Å². The Bertz CT molecular complexity index is 1030. The van der Waals surface area contributed by atoms with Crippen LogP contribution >= 0.6 is 0 Å². The first-order valence-corrected chi connectivity index (χ1v) is 13.2. The van der Waals surface area contributed by atoms with Gasteiger partial charge in [-0.1, -0.05) is 24.3 Å². The molecule has 2 saturated heterocycles. The molecule has 4 heterocycles. The summed E-state index contributed by atoms with van der Waals surface area (Å²) in [5.41, 5.74) is 3.12. The van der Waals surface area contributed by atoms with Crippen molar-refractivity contribution in [2.24, 2.45) is 0 Å². The zero-order chi connectivity index (χ0) is 24.9. The number of nitrogens with one attached hydrogen (secondary N) is 1. The predicted octanol–water partition coefficient (Wildman–Crippen LogP) is 1.63. The fourth-order valence-electron chi connectivity index (χ4n) is 5.78. The number of ether oxygens (including phenoxy) is 1. The number of aliphatic hydroxyl groups is 1. The number of β-amino-alcohol motifs (C(OH)–C–C–N with tert-alkyl or cyclic N) is 1. The van der Waals surface area contributed by atoms with Crippen LogP contribution in [0.3, 0.4) is 0 Å². The first-order valence-electron chi connectivity index (χ1n) is 13.2. The Labute approximate surface area is 213 Å². The van der Waals surface area contributed by atoms with Crippen molar-refractivity contribution in [2.75, 3.05) is 58.3 Å². The van der Waals surface area contributed by atoms with Gasteiger partial charge in [0, 0.05) is 71.1 Å². The summed E-state index contributed by atoms with van der Waals surface area (Å²) in [6, 6.07) is 10.7. The fourth-order valence-corrected chi connectivity index (χ4v) is 5.78. The van der Waals surface area contributed by atoms with E-state index in [0.29, 0.717) is 30.6 Å². The number of hydrogen-bond donors (Lipinski definition) is 2. The van der Waals surface area contributed by atoms with Crippen LogP contribution in [-0.4, -0.2) is 107 Å². The molecule has 2 N–H and O–H groups in total. The fraction of sp³-hybridized carbons (Fsp3) is 0.593. The number of piperidine rings is 2. The molecule has 9 heteroatoms. The van der Waals surface area contributed by atoms with Crippen molar-refractivity contribution in [3.63, 3.8) is 0 Å². The molecule has 3 aliphatic rings. The van der Waals surface area contributed by atoms with Gasteiger partial charge in [-0.05, 0) is 36.8 Å². The van der Waals surface area contributed by atoms with Gasteiger partial charge in [0.05, 0.1) is 12.7 Å². The largest absolute Gasteiger partial charge is 0.390 e. The molecule has 194 valence electrons. The van der Waals surface area contributed by atoms with Crippen molar-refractivity contribution in [2.45, 2.75) is 50.4 Å². The number of nitrogens with zero attached hydrogens (tertiary/aromatic N) is 5. The Hall–Kier alpha value is -2.59. The van der Waals surface area contributed by atoms with E-state index in [-0.39, 0.29) is 11.9 Å². The van der Waals surface area contributed by atoms with Gasteiger partial charge in [0.2, 0.25) is 0 Å². The van der Waals surface area contributed by atoms with E-state index >= 15 is 0 Å². The Morgan fingerprint density at radius 1 is 1.11 bits per heavy atom. The Morgan fingerprint density at radius 3 is 2.69 bits per heavy atom. The van der Waals surface area contributed by atoms with Crippen LogP contribution in [0.25, 0.3) is 0 Å². The van der Waals surface area contributed by atoms with Crippen molar-refractivity contribution < 1.29 is 14.6 Å². The molecular formula is C27H38N6O3. The summed E-state index contributed by atoms with van der Waals surface area (Å²) in [7, 11) is 1.74. The number of fused-ring (bicyclic) bond motifs is 1. The minimum Gasteiger partial charge on any atom is -0.390 e. The third-order valence-corrected chi connectivity index (χ3v) is 7.90. The zero-order valence-corrected chi connectivity index (χ0v) is 21.2. The van der Waals surface area contributed by atoms with Crippen LogP contribution in [-0.2, 0) is 17.7 Å². The minimum absolute atomic E-state index is 0.0692. The number of amides is 1. The van der Waals surface area contributed by atoms with Crippen molar-refractivity contribution >= 4 is 11.7 Å². The Balaban J connectivity index is 1.14. The maximum Gasteiger partial charge on any atom is 0.272 e. The molecule has 1 aromatic carbocycles. The molecule has 2 atom stereocenters. The second kappa shape index (κ2) is 11.6. The van der Waals surface area contributed by atoms with Gasteiger partial charge in [-0.25, -0.2) is 9.97 Å². The molecule has 9 nitrogen and oxygen atoms in total. The van der Waals surface area contributed by atoms with E-state index in [1.165, 1.54) is 17.5 Å². The maximum absolute atomic E-state index is 13.2. The highest BCUT2D eigenvalue weighted by atomic mass is 16.5. The Kier molecular flexibility index (Phi) is 8.11. The summed E-state index contributed by atoms with van der Waals surface area (Å²) >= 11 is 0. The van der Waals surface area contributed by atoms with Crippen LogP contribution in [0, 0.1) is 0 Å². The van der Waals surface area contributed by atoms with Crippen molar-refractivity contribution in [1.82, 2.24) is 24.7 Å². The average molecular weight is 495 g/mol. The standard InChI is InChI=1S/C27H38N6O3/c1-36-15-14-31-10-7-22(8-11-31)30-26-16-23(28-19-29-26)27(35)33-13-9-24(25(34)18-33)32-12-6-20-4-2-3-5-21(20)17-32/h2-5,16,19,22,24-25,34H,6-15,17-18H2,1H3,(H,28,29,30)/t24-,25-/m0/s1. The predicted molar refractivity (Wildman–Crippen MR) is 138 cm³/mol. The third-order valence-electron chi connectivity index (χ3n) is 7.90. The zero-order valence-electron chi connectivity index (χ0n) is 21.2. The van der Waals surface area contributed by atoms with E-state index in [0.717, 1.165) is 65.0 Å². The summed E-state index contributed by atoms with van der Waals surface area (Å²) < 4.78 is 5.18. The second-order valence-electron chi connectivity index (χ2n) is 10.2. The molecule has 0 spiro atoms. The summed E-state index contributed by atoms with van der Waals surface area (Å²) in [5.74, 6) is 0.544. The number of anilines is 1. The van der Waals surface area contributed by atoms with Crippen LogP contribution in [0.4, 0.5) is 5.82 Å². The van der Waals surface area contributed by atoms with Crippen molar-refractivity contribution in [3.8, 4) is 0 Å². The molecule has 1 amide bonds. The first-order chi connectivity index (χ1) is 17.6. The van der Waals surface area contributed by atoms with Crippen molar-refractivity contribution in [3.05, 3.63) is 53.5 Å². The summed E-state index contributed by atoms with van der Waals surface area (Å²) in [6.45, 7) is 6.51. The minimum atomic E-state index is -0.573. The number of aromatic nitrogens is 2. The molecule has 2 fully saturated rings. The molecular weight excluding hydrogens is 456 g/mol. The second-order valence-corrected chi connectivity index (χ2v) is 10.2. The molecule has 0 aliphatic carbocycles. The lowest BCUT2D eigenvalue weighted by Gasteiger charge is -2.43. The molecule has 5 rings (SSSR count).